The molecule has 0 radical (unpaired) electrons. The van der Waals surface area contributed by atoms with Gasteiger partial charge in [0, 0.05) is 17.6 Å². The van der Waals surface area contributed by atoms with Crippen LogP contribution in [0.1, 0.15) is 18.1 Å². The first kappa shape index (κ1) is 12.0. The van der Waals surface area contributed by atoms with Crippen molar-refractivity contribution in [3.8, 4) is 0 Å². The molecule has 1 atom stereocenters. The predicted octanol–water partition coefficient (Wildman–Crippen LogP) is 2.26. The molecular formula is C14H16ClNO2. The van der Waals surface area contributed by atoms with Gasteiger partial charge in [-0.1, -0.05) is 17.7 Å². The maximum absolute atomic E-state index is 12.3. The molecule has 0 unspecified atom stereocenters. The van der Waals surface area contributed by atoms with Crippen LogP contribution in [0.4, 0.5) is 0 Å². The van der Waals surface area contributed by atoms with Crippen molar-refractivity contribution in [2.24, 2.45) is 5.92 Å². The summed E-state index contributed by atoms with van der Waals surface area (Å²) in [7, 11) is 0. The summed E-state index contributed by atoms with van der Waals surface area (Å²) in [5.74, 6) is 0.285. The van der Waals surface area contributed by atoms with Gasteiger partial charge >= 0.3 is 0 Å². The van der Waals surface area contributed by atoms with Gasteiger partial charge in [0.25, 0.3) is 0 Å². The van der Waals surface area contributed by atoms with E-state index in [4.69, 9.17) is 16.3 Å². The molecule has 3 nitrogen and oxygen atoms in total. The molecule has 1 fully saturated rings. The van der Waals surface area contributed by atoms with E-state index in [1.165, 1.54) is 11.1 Å². The van der Waals surface area contributed by atoms with Crippen molar-refractivity contribution in [3.05, 3.63) is 34.3 Å². The summed E-state index contributed by atoms with van der Waals surface area (Å²) in [5.41, 5.74) is 2.48. The zero-order chi connectivity index (χ0) is 12.7. The maximum atomic E-state index is 12.3. The smallest absolute Gasteiger partial charge is 0.230 e. The third-order valence-corrected chi connectivity index (χ3v) is 4.06. The zero-order valence-electron chi connectivity index (χ0n) is 10.4. The van der Waals surface area contributed by atoms with Crippen LogP contribution in [0.25, 0.3) is 0 Å². The summed E-state index contributed by atoms with van der Waals surface area (Å²) in [6.45, 7) is 3.93. The van der Waals surface area contributed by atoms with E-state index in [2.05, 4.69) is 13.0 Å². The fourth-order valence-electron chi connectivity index (χ4n) is 2.62. The first-order valence-electron chi connectivity index (χ1n) is 6.30. The Bertz CT molecular complexity index is 485. The maximum Gasteiger partial charge on any atom is 0.230 e. The fourth-order valence-corrected chi connectivity index (χ4v) is 2.81. The van der Waals surface area contributed by atoms with Crippen LogP contribution in [-0.4, -0.2) is 30.1 Å². The number of ether oxygens (including phenoxy) is 1. The topological polar surface area (TPSA) is 29.5 Å². The minimum atomic E-state index is 0.0631. The molecule has 4 heteroatoms. The SMILES string of the molecule is C[C@@H]1Cc2ccc(Cl)cc2CN1C(=O)C1COC1. The van der Waals surface area contributed by atoms with Gasteiger partial charge in [0.1, 0.15) is 0 Å². The van der Waals surface area contributed by atoms with Gasteiger partial charge in [-0.25, -0.2) is 0 Å². The minimum Gasteiger partial charge on any atom is -0.380 e. The Morgan fingerprint density at radius 2 is 2.17 bits per heavy atom. The molecule has 2 aliphatic rings. The Morgan fingerprint density at radius 1 is 1.39 bits per heavy atom. The molecule has 1 aromatic carbocycles. The number of nitrogens with zero attached hydrogens (tertiary/aromatic N) is 1. The highest BCUT2D eigenvalue weighted by Gasteiger charge is 2.35. The molecule has 0 saturated carbocycles. The molecule has 2 aliphatic heterocycles. The normalized spacial score (nSPS) is 23.4. The van der Waals surface area contributed by atoms with E-state index in [1.807, 2.05) is 17.0 Å². The molecule has 2 heterocycles. The first-order chi connectivity index (χ1) is 8.65. The van der Waals surface area contributed by atoms with Gasteiger partial charge in [0.15, 0.2) is 0 Å². The van der Waals surface area contributed by atoms with Crippen molar-refractivity contribution >= 4 is 17.5 Å². The van der Waals surface area contributed by atoms with Gasteiger partial charge < -0.3 is 9.64 Å². The summed E-state index contributed by atoms with van der Waals surface area (Å²) < 4.78 is 5.10. The second-order valence-electron chi connectivity index (χ2n) is 5.17. The van der Waals surface area contributed by atoms with Gasteiger partial charge in [-0.2, -0.15) is 0 Å². The highest BCUT2D eigenvalue weighted by atomic mass is 35.5. The Hall–Kier alpha value is -1.06. The average molecular weight is 266 g/mol. The van der Waals surface area contributed by atoms with Gasteiger partial charge in [-0.3, -0.25) is 4.79 Å². The standard InChI is InChI=1S/C14H16ClNO2/c1-9-4-10-2-3-13(15)5-11(10)6-16(9)14(17)12-7-18-8-12/h2-3,5,9,12H,4,6-8H2,1H3/t9-/m1/s1. The molecular weight excluding hydrogens is 250 g/mol. The van der Waals surface area contributed by atoms with Gasteiger partial charge in [0.2, 0.25) is 5.91 Å². The van der Waals surface area contributed by atoms with Crippen molar-refractivity contribution < 1.29 is 9.53 Å². The number of hydrogen-bond donors (Lipinski definition) is 0. The fraction of sp³-hybridized carbons (Fsp3) is 0.500. The number of fused-ring (bicyclic) bond motifs is 1. The summed E-state index contributed by atoms with van der Waals surface area (Å²) in [5, 5.41) is 0.739. The van der Waals surface area contributed by atoms with Gasteiger partial charge in [-0.05, 0) is 36.6 Å². The Balaban J connectivity index is 1.83. The third-order valence-electron chi connectivity index (χ3n) is 3.83. The number of benzene rings is 1. The quantitative estimate of drug-likeness (QED) is 0.780. The highest BCUT2D eigenvalue weighted by molar-refractivity contribution is 6.30. The van der Waals surface area contributed by atoms with Crippen molar-refractivity contribution in [1.82, 2.24) is 4.90 Å². The molecule has 1 aromatic rings. The van der Waals surface area contributed by atoms with Crippen molar-refractivity contribution in [3.63, 3.8) is 0 Å². The van der Waals surface area contributed by atoms with Crippen LogP contribution in [-0.2, 0) is 22.5 Å². The monoisotopic (exact) mass is 265 g/mol. The minimum absolute atomic E-state index is 0.0631. The first-order valence-corrected chi connectivity index (χ1v) is 6.68. The summed E-state index contributed by atoms with van der Waals surface area (Å²) in [6, 6.07) is 6.22. The number of carbonyl (C=O) groups is 1. The highest BCUT2D eigenvalue weighted by Crippen LogP contribution is 2.28. The molecule has 1 amide bonds. The molecule has 96 valence electrons. The molecule has 0 bridgehead atoms. The van der Waals surface area contributed by atoms with E-state index in [9.17, 15) is 4.79 Å². The largest absolute Gasteiger partial charge is 0.380 e. The van der Waals surface area contributed by atoms with Crippen LogP contribution in [0, 0.1) is 5.92 Å². The van der Waals surface area contributed by atoms with Crippen LogP contribution in [0.15, 0.2) is 18.2 Å². The summed E-state index contributed by atoms with van der Waals surface area (Å²) in [4.78, 5) is 14.3. The second-order valence-corrected chi connectivity index (χ2v) is 5.60. The third kappa shape index (κ3) is 2.02. The lowest BCUT2D eigenvalue weighted by molar-refractivity contribution is -0.153. The van der Waals surface area contributed by atoms with Gasteiger partial charge in [0.05, 0.1) is 19.1 Å². The lowest BCUT2D eigenvalue weighted by Gasteiger charge is -2.39. The molecule has 0 spiro atoms. The molecule has 1 saturated heterocycles. The van der Waals surface area contributed by atoms with E-state index in [0.717, 1.165) is 11.4 Å². The van der Waals surface area contributed by atoms with E-state index < -0.39 is 0 Å². The van der Waals surface area contributed by atoms with Crippen LogP contribution in [0.5, 0.6) is 0 Å². The summed E-state index contributed by atoms with van der Waals surface area (Å²) >= 11 is 6.02. The molecule has 0 aliphatic carbocycles. The van der Waals surface area contributed by atoms with Gasteiger partial charge in [-0.15, -0.1) is 0 Å². The van der Waals surface area contributed by atoms with E-state index in [-0.39, 0.29) is 17.9 Å². The number of amides is 1. The van der Waals surface area contributed by atoms with Crippen LogP contribution in [0.3, 0.4) is 0 Å². The van der Waals surface area contributed by atoms with Crippen molar-refractivity contribution in [2.45, 2.75) is 25.9 Å². The molecule has 18 heavy (non-hydrogen) atoms. The van der Waals surface area contributed by atoms with Crippen molar-refractivity contribution in [2.75, 3.05) is 13.2 Å². The Kier molecular flexibility index (Phi) is 3.04. The van der Waals surface area contributed by atoms with Crippen LogP contribution >= 0.6 is 11.6 Å². The molecule has 0 aromatic heterocycles. The molecule has 0 N–H and O–H groups in total. The van der Waals surface area contributed by atoms with Crippen LogP contribution < -0.4 is 0 Å². The Morgan fingerprint density at radius 3 is 2.83 bits per heavy atom. The van der Waals surface area contributed by atoms with E-state index in [0.29, 0.717) is 19.8 Å². The summed E-state index contributed by atoms with van der Waals surface area (Å²) in [6.07, 6.45) is 0.909. The zero-order valence-corrected chi connectivity index (χ0v) is 11.1. The van der Waals surface area contributed by atoms with Crippen molar-refractivity contribution in [1.29, 1.82) is 0 Å². The lowest BCUT2D eigenvalue weighted by Crippen LogP contribution is -2.50. The number of halogens is 1. The van der Waals surface area contributed by atoms with E-state index >= 15 is 0 Å². The van der Waals surface area contributed by atoms with Crippen LogP contribution in [0.2, 0.25) is 5.02 Å². The number of carbonyl (C=O) groups excluding carboxylic acids is 1. The predicted molar refractivity (Wildman–Crippen MR) is 69.5 cm³/mol. The molecule has 3 rings (SSSR count). The second kappa shape index (κ2) is 4.56. The number of hydrogen-bond acceptors (Lipinski definition) is 2. The Labute approximate surface area is 112 Å². The average Bonchev–Trinajstić information content (AvgIpc) is 2.26. The number of rotatable bonds is 1. The van der Waals surface area contributed by atoms with E-state index in [1.54, 1.807) is 0 Å². The lowest BCUT2D eigenvalue weighted by atomic mass is 9.93.